The minimum Gasteiger partial charge on any atom is -0.314 e. The Hall–Kier alpha value is -1.05. The Bertz CT molecular complexity index is 596. The number of sulfonamides is 1. The van der Waals surface area contributed by atoms with Crippen LogP contribution in [0, 0.1) is 11.7 Å². The topological polar surface area (TPSA) is 62.3 Å². The van der Waals surface area contributed by atoms with Gasteiger partial charge in [-0.15, -0.1) is 0 Å². The Labute approximate surface area is 124 Å². The second-order valence-electron chi connectivity index (χ2n) is 5.82. The summed E-state index contributed by atoms with van der Waals surface area (Å²) in [4.78, 5) is 3.69. The SMILES string of the molecule is O=S(=O)(c1ncccc1F)N1CCC(NCC2CC2)CC1. The fourth-order valence-corrected chi connectivity index (χ4v) is 4.08. The van der Waals surface area contributed by atoms with Gasteiger partial charge in [0, 0.05) is 25.3 Å². The van der Waals surface area contributed by atoms with Crippen LogP contribution in [-0.2, 0) is 10.0 Å². The summed E-state index contributed by atoms with van der Waals surface area (Å²) in [5.41, 5.74) is 0. The number of aromatic nitrogens is 1. The fourth-order valence-electron chi connectivity index (χ4n) is 2.64. The molecule has 0 radical (unpaired) electrons. The maximum atomic E-state index is 13.7. The number of rotatable bonds is 5. The molecule has 21 heavy (non-hydrogen) atoms. The van der Waals surface area contributed by atoms with Gasteiger partial charge in [-0.25, -0.2) is 17.8 Å². The zero-order valence-corrected chi connectivity index (χ0v) is 12.7. The summed E-state index contributed by atoms with van der Waals surface area (Å²) in [6.45, 7) is 1.87. The lowest BCUT2D eigenvalue weighted by molar-refractivity contribution is 0.286. The second-order valence-corrected chi connectivity index (χ2v) is 7.67. The van der Waals surface area contributed by atoms with Crippen molar-refractivity contribution in [2.45, 2.75) is 36.8 Å². The van der Waals surface area contributed by atoms with E-state index in [4.69, 9.17) is 0 Å². The number of nitrogens with zero attached hydrogens (tertiary/aromatic N) is 2. The number of piperidine rings is 1. The van der Waals surface area contributed by atoms with Crippen molar-refractivity contribution in [2.24, 2.45) is 5.92 Å². The molecule has 2 fully saturated rings. The van der Waals surface area contributed by atoms with Gasteiger partial charge in [-0.1, -0.05) is 0 Å². The number of halogens is 1. The highest BCUT2D eigenvalue weighted by molar-refractivity contribution is 7.89. The maximum Gasteiger partial charge on any atom is 0.263 e. The summed E-state index contributed by atoms with van der Waals surface area (Å²) in [5, 5.41) is 3.03. The van der Waals surface area contributed by atoms with Crippen molar-refractivity contribution >= 4 is 10.0 Å². The summed E-state index contributed by atoms with van der Waals surface area (Å²) in [6, 6.07) is 2.89. The Balaban J connectivity index is 1.61. The molecule has 0 atom stereocenters. The van der Waals surface area contributed by atoms with Crippen LogP contribution in [0.4, 0.5) is 4.39 Å². The Kier molecular flexibility index (Phi) is 4.24. The van der Waals surface area contributed by atoms with Gasteiger partial charge in [-0.05, 0) is 50.3 Å². The third-order valence-electron chi connectivity index (χ3n) is 4.16. The minimum absolute atomic E-state index is 0.366. The molecule has 1 saturated carbocycles. The first-order valence-electron chi connectivity index (χ1n) is 7.41. The molecule has 0 aromatic carbocycles. The van der Waals surface area contributed by atoms with Crippen molar-refractivity contribution in [3.8, 4) is 0 Å². The van der Waals surface area contributed by atoms with E-state index in [1.807, 2.05) is 0 Å². The molecule has 1 aliphatic carbocycles. The first-order chi connectivity index (χ1) is 10.1. The normalized spacial score (nSPS) is 21.6. The highest BCUT2D eigenvalue weighted by Crippen LogP contribution is 2.28. The summed E-state index contributed by atoms with van der Waals surface area (Å²) in [5.74, 6) is 0.0286. The van der Waals surface area contributed by atoms with Gasteiger partial charge in [-0.2, -0.15) is 4.31 Å². The van der Waals surface area contributed by atoms with Crippen molar-refractivity contribution in [1.29, 1.82) is 0 Å². The lowest BCUT2D eigenvalue weighted by Gasteiger charge is -2.31. The Morgan fingerprint density at radius 3 is 2.62 bits per heavy atom. The molecule has 3 rings (SSSR count). The molecule has 2 heterocycles. The summed E-state index contributed by atoms with van der Waals surface area (Å²) in [7, 11) is -3.82. The quantitative estimate of drug-likeness (QED) is 0.892. The molecular formula is C14H20FN3O2S. The highest BCUT2D eigenvalue weighted by Gasteiger charge is 2.32. The maximum absolute atomic E-state index is 13.7. The van der Waals surface area contributed by atoms with Gasteiger partial charge in [0.15, 0.2) is 5.82 Å². The molecule has 0 unspecified atom stereocenters. The number of nitrogens with one attached hydrogen (secondary N) is 1. The van der Waals surface area contributed by atoms with Gasteiger partial charge >= 0.3 is 0 Å². The summed E-state index contributed by atoms with van der Waals surface area (Å²) >= 11 is 0. The van der Waals surface area contributed by atoms with Gasteiger partial charge in [-0.3, -0.25) is 0 Å². The molecular weight excluding hydrogens is 293 g/mol. The number of hydrogen-bond donors (Lipinski definition) is 1. The minimum atomic E-state index is -3.82. The molecule has 0 amide bonds. The van der Waals surface area contributed by atoms with Crippen LogP contribution < -0.4 is 5.32 Å². The van der Waals surface area contributed by atoms with E-state index in [0.717, 1.165) is 31.4 Å². The Morgan fingerprint density at radius 2 is 2.00 bits per heavy atom. The third kappa shape index (κ3) is 3.41. The first kappa shape index (κ1) is 14.9. The van der Waals surface area contributed by atoms with Crippen LogP contribution >= 0.6 is 0 Å². The molecule has 1 aromatic heterocycles. The van der Waals surface area contributed by atoms with E-state index in [0.29, 0.717) is 19.1 Å². The molecule has 0 bridgehead atoms. The summed E-state index contributed by atoms with van der Waals surface area (Å²) < 4.78 is 39.8. The van der Waals surface area contributed by atoms with Crippen molar-refractivity contribution < 1.29 is 12.8 Å². The van der Waals surface area contributed by atoms with Crippen LogP contribution in [-0.4, -0.2) is 43.4 Å². The Morgan fingerprint density at radius 1 is 1.29 bits per heavy atom. The van der Waals surface area contributed by atoms with Crippen LogP contribution in [0.5, 0.6) is 0 Å². The molecule has 2 aliphatic rings. The highest BCUT2D eigenvalue weighted by atomic mass is 32.2. The van der Waals surface area contributed by atoms with Crippen LogP contribution in [0.15, 0.2) is 23.4 Å². The van der Waals surface area contributed by atoms with Gasteiger partial charge in [0.2, 0.25) is 5.03 Å². The number of hydrogen-bond acceptors (Lipinski definition) is 4. The van der Waals surface area contributed by atoms with E-state index in [9.17, 15) is 12.8 Å². The van der Waals surface area contributed by atoms with Crippen molar-refractivity contribution in [2.75, 3.05) is 19.6 Å². The lowest BCUT2D eigenvalue weighted by atomic mass is 10.1. The molecule has 1 aliphatic heterocycles. The van der Waals surface area contributed by atoms with Crippen LogP contribution in [0.25, 0.3) is 0 Å². The van der Waals surface area contributed by atoms with Crippen LogP contribution in [0.3, 0.4) is 0 Å². The lowest BCUT2D eigenvalue weighted by Crippen LogP contribution is -2.45. The van der Waals surface area contributed by atoms with Crippen molar-refractivity contribution in [3.05, 3.63) is 24.1 Å². The van der Waals surface area contributed by atoms with Gasteiger partial charge in [0.25, 0.3) is 10.0 Å². The van der Waals surface area contributed by atoms with Crippen LogP contribution in [0.2, 0.25) is 0 Å². The zero-order chi connectivity index (χ0) is 14.9. The monoisotopic (exact) mass is 313 g/mol. The predicted molar refractivity (Wildman–Crippen MR) is 76.7 cm³/mol. The first-order valence-corrected chi connectivity index (χ1v) is 8.85. The summed E-state index contributed by atoms with van der Waals surface area (Å²) in [6.07, 6.45) is 5.44. The van der Waals surface area contributed by atoms with Gasteiger partial charge in [0.1, 0.15) is 0 Å². The molecule has 116 valence electrons. The average Bonchev–Trinajstić information content (AvgIpc) is 3.30. The van der Waals surface area contributed by atoms with Crippen molar-refractivity contribution in [3.63, 3.8) is 0 Å². The van der Waals surface area contributed by atoms with Crippen molar-refractivity contribution in [1.82, 2.24) is 14.6 Å². The van der Waals surface area contributed by atoms with E-state index in [2.05, 4.69) is 10.3 Å². The smallest absolute Gasteiger partial charge is 0.263 e. The van der Waals surface area contributed by atoms with E-state index >= 15 is 0 Å². The average molecular weight is 313 g/mol. The molecule has 0 spiro atoms. The molecule has 1 N–H and O–H groups in total. The molecule has 1 aromatic rings. The van der Waals surface area contributed by atoms with E-state index in [1.165, 1.54) is 29.4 Å². The van der Waals surface area contributed by atoms with E-state index in [-0.39, 0.29) is 0 Å². The van der Waals surface area contributed by atoms with Gasteiger partial charge in [0.05, 0.1) is 0 Å². The zero-order valence-electron chi connectivity index (χ0n) is 11.8. The predicted octanol–water partition coefficient (Wildman–Crippen LogP) is 1.37. The fraction of sp³-hybridized carbons (Fsp3) is 0.643. The standard InChI is InChI=1S/C14H20FN3O2S/c15-13-2-1-7-16-14(13)21(19,20)18-8-5-12(6-9-18)17-10-11-3-4-11/h1-2,7,11-12,17H,3-6,8-10H2. The number of pyridine rings is 1. The van der Waals surface area contributed by atoms with E-state index < -0.39 is 20.9 Å². The molecule has 5 nitrogen and oxygen atoms in total. The largest absolute Gasteiger partial charge is 0.314 e. The van der Waals surface area contributed by atoms with Gasteiger partial charge < -0.3 is 5.32 Å². The van der Waals surface area contributed by atoms with Crippen LogP contribution in [0.1, 0.15) is 25.7 Å². The third-order valence-corrected chi connectivity index (χ3v) is 5.99. The molecule has 7 heteroatoms. The second kappa shape index (κ2) is 5.98. The molecule has 1 saturated heterocycles. The van der Waals surface area contributed by atoms with E-state index in [1.54, 1.807) is 0 Å².